The van der Waals surface area contributed by atoms with Gasteiger partial charge in [0, 0.05) is 17.2 Å². The lowest BCUT2D eigenvalue weighted by atomic mass is 9.95. The zero-order valence-corrected chi connectivity index (χ0v) is 11.6. The van der Waals surface area contributed by atoms with Crippen LogP contribution in [0.3, 0.4) is 0 Å². The fourth-order valence-electron chi connectivity index (χ4n) is 2.31. The summed E-state index contributed by atoms with van der Waals surface area (Å²) >= 11 is 1.58. The minimum Gasteiger partial charge on any atom is -0.461 e. The molecular weight excluding hydrogens is 256 g/mol. The largest absolute Gasteiger partial charge is 0.461 e. The summed E-state index contributed by atoms with van der Waals surface area (Å²) in [4.78, 5) is 13.1. The van der Waals surface area contributed by atoms with Gasteiger partial charge in [-0.3, -0.25) is 4.79 Å². The Hall–Kier alpha value is -1.48. The van der Waals surface area contributed by atoms with E-state index in [0.29, 0.717) is 6.42 Å². The molecule has 100 valence electrons. The molecule has 1 aliphatic rings. The number of hydrogen-bond donors (Lipinski definition) is 0. The Labute approximate surface area is 118 Å². The molecule has 2 nitrogen and oxygen atoms in total. The van der Waals surface area contributed by atoms with E-state index in [2.05, 4.69) is 13.2 Å². The first kappa shape index (κ1) is 13.9. The second-order valence-electron chi connectivity index (χ2n) is 4.54. The van der Waals surface area contributed by atoms with E-state index in [1.807, 2.05) is 42.5 Å². The highest BCUT2D eigenvalue weighted by Crippen LogP contribution is 2.39. The number of allylic oxidation sites excluding steroid dienone is 1. The number of hydrogen-bond acceptors (Lipinski definition) is 3. The second-order valence-corrected chi connectivity index (χ2v) is 5.75. The molecule has 0 aromatic heterocycles. The fraction of sp³-hybridized carbons (Fsp3) is 0.312. The molecule has 19 heavy (non-hydrogen) atoms. The molecule has 3 heteroatoms. The van der Waals surface area contributed by atoms with Crippen LogP contribution in [0.15, 0.2) is 60.5 Å². The van der Waals surface area contributed by atoms with E-state index < -0.39 is 0 Å². The van der Waals surface area contributed by atoms with Crippen molar-refractivity contribution in [3.63, 3.8) is 0 Å². The van der Waals surface area contributed by atoms with Crippen LogP contribution in [-0.2, 0) is 9.53 Å². The quantitative estimate of drug-likeness (QED) is 0.582. The Bertz CT molecular complexity index is 455. The van der Waals surface area contributed by atoms with E-state index in [1.165, 1.54) is 0 Å². The number of ether oxygens (including phenoxy) is 1. The maximum atomic E-state index is 12.0. The Morgan fingerprint density at radius 3 is 2.47 bits per heavy atom. The van der Waals surface area contributed by atoms with Gasteiger partial charge >= 0.3 is 5.97 Å². The maximum absolute atomic E-state index is 12.0. The third kappa shape index (κ3) is 3.29. The van der Waals surface area contributed by atoms with E-state index >= 15 is 0 Å². The first-order valence-corrected chi connectivity index (χ1v) is 7.28. The average Bonchev–Trinajstić information content (AvgIpc) is 2.69. The highest BCUT2D eigenvalue weighted by molar-refractivity contribution is 8.00. The summed E-state index contributed by atoms with van der Waals surface area (Å²) in [5.74, 6) is 0.0563. The van der Waals surface area contributed by atoms with E-state index in [9.17, 15) is 4.79 Å². The van der Waals surface area contributed by atoms with Crippen molar-refractivity contribution in [2.75, 3.05) is 0 Å². The molecule has 0 saturated carbocycles. The monoisotopic (exact) mass is 274 g/mol. The van der Waals surface area contributed by atoms with E-state index in [4.69, 9.17) is 4.74 Å². The topological polar surface area (TPSA) is 26.3 Å². The van der Waals surface area contributed by atoms with Crippen LogP contribution in [0.4, 0.5) is 0 Å². The zero-order valence-electron chi connectivity index (χ0n) is 10.8. The standard InChI is InChI=1S/C16H18O2S/c1-3-8-13-14(9-4-2)18-16(17)15(13)19-12-10-6-5-7-11-12/h3-7,10-11,13-15H,1-2,8-9H2/t13-,14-,15+/m1/s1. The SMILES string of the molecule is C=CC[C@H]1[C@H](Sc2ccccc2)C(=O)O[C@@H]1CC=C. The molecule has 1 heterocycles. The molecule has 0 bridgehead atoms. The molecule has 2 rings (SSSR count). The zero-order chi connectivity index (χ0) is 13.7. The molecule has 0 unspecified atom stereocenters. The Balaban J connectivity index is 2.14. The number of carbonyl (C=O) groups is 1. The van der Waals surface area contributed by atoms with E-state index in [-0.39, 0.29) is 23.2 Å². The minimum absolute atomic E-state index is 0.0655. The first-order chi connectivity index (χ1) is 9.26. The summed E-state index contributed by atoms with van der Waals surface area (Å²) in [6.07, 6.45) is 5.10. The fourth-order valence-corrected chi connectivity index (χ4v) is 3.53. The van der Waals surface area contributed by atoms with Gasteiger partial charge in [-0.25, -0.2) is 0 Å². The highest BCUT2D eigenvalue weighted by Gasteiger charge is 2.43. The van der Waals surface area contributed by atoms with Gasteiger partial charge in [0.15, 0.2) is 0 Å². The summed E-state index contributed by atoms with van der Waals surface area (Å²) in [6.45, 7) is 7.51. The molecule has 0 N–H and O–H groups in total. The molecule has 3 atom stereocenters. The third-order valence-electron chi connectivity index (χ3n) is 3.21. The summed E-state index contributed by atoms with van der Waals surface area (Å²) in [6, 6.07) is 9.96. The Kier molecular flexibility index (Phi) is 4.86. The van der Waals surface area contributed by atoms with Crippen LogP contribution >= 0.6 is 11.8 Å². The van der Waals surface area contributed by atoms with Crippen molar-refractivity contribution in [3.8, 4) is 0 Å². The van der Waals surface area contributed by atoms with Crippen molar-refractivity contribution in [2.45, 2.75) is 29.1 Å². The highest BCUT2D eigenvalue weighted by atomic mass is 32.2. The summed E-state index contributed by atoms with van der Waals surface area (Å²) in [5.41, 5.74) is 0. The van der Waals surface area contributed by atoms with Crippen molar-refractivity contribution in [1.82, 2.24) is 0 Å². The molecule has 1 aromatic carbocycles. The molecule has 1 aromatic rings. The minimum atomic E-state index is -0.148. The lowest BCUT2D eigenvalue weighted by molar-refractivity contribution is -0.141. The van der Waals surface area contributed by atoms with Crippen LogP contribution in [0.1, 0.15) is 12.8 Å². The number of rotatable bonds is 6. The lowest BCUT2D eigenvalue weighted by Crippen LogP contribution is -2.22. The van der Waals surface area contributed by atoms with Gasteiger partial charge in [0.2, 0.25) is 0 Å². The van der Waals surface area contributed by atoms with Gasteiger partial charge in [0.05, 0.1) is 0 Å². The number of carbonyl (C=O) groups excluding carboxylic acids is 1. The molecule has 0 spiro atoms. The smallest absolute Gasteiger partial charge is 0.320 e. The van der Waals surface area contributed by atoms with Crippen molar-refractivity contribution >= 4 is 17.7 Å². The first-order valence-electron chi connectivity index (χ1n) is 6.40. The molecule has 0 radical (unpaired) electrons. The van der Waals surface area contributed by atoms with Crippen LogP contribution in [0, 0.1) is 5.92 Å². The second kappa shape index (κ2) is 6.62. The summed E-state index contributed by atoms with van der Waals surface area (Å²) in [5, 5.41) is -0.148. The summed E-state index contributed by atoms with van der Waals surface area (Å²) < 4.78 is 5.47. The van der Waals surface area contributed by atoms with Crippen LogP contribution in [0.2, 0.25) is 0 Å². The Morgan fingerprint density at radius 2 is 1.84 bits per heavy atom. The van der Waals surface area contributed by atoms with Crippen LogP contribution < -0.4 is 0 Å². The number of cyclic esters (lactones) is 1. The van der Waals surface area contributed by atoms with Gasteiger partial charge in [0.1, 0.15) is 11.4 Å². The van der Waals surface area contributed by atoms with Gasteiger partial charge in [-0.05, 0) is 18.6 Å². The van der Waals surface area contributed by atoms with Gasteiger partial charge in [-0.2, -0.15) is 0 Å². The van der Waals surface area contributed by atoms with E-state index in [1.54, 1.807) is 11.8 Å². The van der Waals surface area contributed by atoms with Crippen molar-refractivity contribution in [2.24, 2.45) is 5.92 Å². The molecule has 1 saturated heterocycles. The summed E-state index contributed by atoms with van der Waals surface area (Å²) in [7, 11) is 0. The van der Waals surface area contributed by atoms with Gasteiger partial charge in [0.25, 0.3) is 0 Å². The van der Waals surface area contributed by atoms with Crippen LogP contribution in [0.25, 0.3) is 0 Å². The van der Waals surface area contributed by atoms with Crippen molar-refractivity contribution in [3.05, 3.63) is 55.6 Å². The number of thioether (sulfide) groups is 1. The third-order valence-corrected chi connectivity index (χ3v) is 4.55. The number of esters is 1. The molecular formula is C16H18O2S. The van der Waals surface area contributed by atoms with Gasteiger partial charge in [-0.15, -0.1) is 24.9 Å². The Morgan fingerprint density at radius 1 is 1.16 bits per heavy atom. The van der Waals surface area contributed by atoms with Crippen molar-refractivity contribution < 1.29 is 9.53 Å². The van der Waals surface area contributed by atoms with Gasteiger partial charge in [-0.1, -0.05) is 30.4 Å². The van der Waals surface area contributed by atoms with Crippen molar-refractivity contribution in [1.29, 1.82) is 0 Å². The molecule has 0 aliphatic carbocycles. The van der Waals surface area contributed by atoms with Crippen LogP contribution in [0.5, 0.6) is 0 Å². The maximum Gasteiger partial charge on any atom is 0.320 e. The van der Waals surface area contributed by atoms with E-state index in [0.717, 1.165) is 11.3 Å². The lowest BCUT2D eigenvalue weighted by Gasteiger charge is -2.18. The number of benzene rings is 1. The van der Waals surface area contributed by atoms with Crippen LogP contribution in [-0.4, -0.2) is 17.3 Å². The predicted octanol–water partition coefficient (Wildman–Crippen LogP) is 3.84. The average molecular weight is 274 g/mol. The normalized spacial score (nSPS) is 25.9. The van der Waals surface area contributed by atoms with Gasteiger partial charge < -0.3 is 4.74 Å². The predicted molar refractivity (Wildman–Crippen MR) is 79.1 cm³/mol. The molecule has 1 fully saturated rings. The molecule has 0 amide bonds. The molecule has 1 aliphatic heterocycles.